The van der Waals surface area contributed by atoms with Crippen LogP contribution in [0.1, 0.15) is 51.1 Å². The van der Waals surface area contributed by atoms with Crippen molar-refractivity contribution in [2.75, 3.05) is 0 Å². The van der Waals surface area contributed by atoms with Crippen LogP contribution in [0.4, 0.5) is 0 Å². The predicted octanol–water partition coefficient (Wildman–Crippen LogP) is 3.69. The smallest absolute Gasteiger partial charge is 0.223 e. The standard InChI is InChI=1S/C16H23NO/c1-12(14-8-6-7-9-14)16(18)17-13(2)15-10-4-3-5-11-15/h3-5,10-14H,6-9H2,1-2H3,(H,17,18). The maximum Gasteiger partial charge on any atom is 0.223 e. The molecule has 1 aliphatic carbocycles. The van der Waals surface area contributed by atoms with Crippen molar-refractivity contribution in [3.8, 4) is 0 Å². The van der Waals surface area contributed by atoms with Gasteiger partial charge < -0.3 is 5.32 Å². The minimum Gasteiger partial charge on any atom is -0.349 e. The van der Waals surface area contributed by atoms with Crippen LogP contribution in [0.15, 0.2) is 30.3 Å². The summed E-state index contributed by atoms with van der Waals surface area (Å²) in [4.78, 5) is 12.2. The van der Waals surface area contributed by atoms with Gasteiger partial charge in [0.05, 0.1) is 6.04 Å². The number of carbonyl (C=O) groups is 1. The molecule has 2 nitrogen and oxygen atoms in total. The largest absolute Gasteiger partial charge is 0.349 e. The lowest BCUT2D eigenvalue weighted by molar-refractivity contribution is -0.126. The van der Waals surface area contributed by atoms with Crippen LogP contribution >= 0.6 is 0 Å². The lowest BCUT2D eigenvalue weighted by Gasteiger charge is -2.21. The summed E-state index contributed by atoms with van der Waals surface area (Å²) >= 11 is 0. The molecule has 0 radical (unpaired) electrons. The Morgan fingerprint density at radius 3 is 2.39 bits per heavy atom. The molecule has 98 valence electrons. The molecule has 1 aromatic carbocycles. The fourth-order valence-electron chi connectivity index (χ4n) is 2.84. The Hall–Kier alpha value is -1.31. The van der Waals surface area contributed by atoms with Crippen LogP contribution in [0.2, 0.25) is 0 Å². The lowest BCUT2D eigenvalue weighted by Crippen LogP contribution is -2.34. The number of hydrogen-bond donors (Lipinski definition) is 1. The zero-order chi connectivity index (χ0) is 13.0. The third kappa shape index (κ3) is 3.12. The van der Waals surface area contributed by atoms with E-state index in [0.717, 1.165) is 0 Å². The van der Waals surface area contributed by atoms with Crippen LogP contribution in [-0.4, -0.2) is 5.91 Å². The average Bonchev–Trinajstić information content (AvgIpc) is 2.92. The van der Waals surface area contributed by atoms with E-state index >= 15 is 0 Å². The van der Waals surface area contributed by atoms with E-state index in [2.05, 4.69) is 31.3 Å². The Bertz CT molecular complexity index is 381. The summed E-state index contributed by atoms with van der Waals surface area (Å²) in [6.07, 6.45) is 5.01. The van der Waals surface area contributed by atoms with E-state index in [1.807, 2.05) is 18.2 Å². The second kappa shape index (κ2) is 6.03. The molecule has 2 unspecified atom stereocenters. The molecule has 1 fully saturated rings. The lowest BCUT2D eigenvalue weighted by atomic mass is 9.91. The summed E-state index contributed by atoms with van der Waals surface area (Å²) in [7, 11) is 0. The van der Waals surface area contributed by atoms with Crippen molar-refractivity contribution in [3.05, 3.63) is 35.9 Å². The quantitative estimate of drug-likeness (QED) is 0.861. The number of carbonyl (C=O) groups excluding carboxylic acids is 1. The fourth-order valence-corrected chi connectivity index (χ4v) is 2.84. The molecular formula is C16H23NO. The summed E-state index contributed by atoms with van der Waals surface area (Å²) in [5.41, 5.74) is 1.17. The van der Waals surface area contributed by atoms with Crippen LogP contribution in [0.25, 0.3) is 0 Å². The minimum atomic E-state index is 0.0996. The van der Waals surface area contributed by atoms with Gasteiger partial charge in [-0.05, 0) is 31.2 Å². The van der Waals surface area contributed by atoms with Gasteiger partial charge in [0.25, 0.3) is 0 Å². The van der Waals surface area contributed by atoms with Crippen molar-refractivity contribution in [1.29, 1.82) is 0 Å². The predicted molar refractivity (Wildman–Crippen MR) is 74.1 cm³/mol. The van der Waals surface area contributed by atoms with Crippen LogP contribution in [0.5, 0.6) is 0 Å². The number of rotatable bonds is 4. The van der Waals surface area contributed by atoms with E-state index in [-0.39, 0.29) is 17.9 Å². The summed E-state index contributed by atoms with van der Waals surface area (Å²) in [5, 5.41) is 3.13. The van der Waals surface area contributed by atoms with E-state index in [4.69, 9.17) is 0 Å². The number of benzene rings is 1. The molecule has 0 bridgehead atoms. The first-order valence-corrected chi connectivity index (χ1v) is 7.04. The molecular weight excluding hydrogens is 222 g/mol. The Morgan fingerprint density at radius 1 is 1.17 bits per heavy atom. The molecule has 1 saturated carbocycles. The van der Waals surface area contributed by atoms with E-state index < -0.39 is 0 Å². The number of amides is 1. The molecule has 0 spiro atoms. The Morgan fingerprint density at radius 2 is 1.78 bits per heavy atom. The maximum atomic E-state index is 12.2. The van der Waals surface area contributed by atoms with Gasteiger partial charge in [-0.25, -0.2) is 0 Å². The van der Waals surface area contributed by atoms with E-state index in [0.29, 0.717) is 5.92 Å². The van der Waals surface area contributed by atoms with Gasteiger partial charge in [-0.3, -0.25) is 4.79 Å². The molecule has 1 aromatic rings. The van der Waals surface area contributed by atoms with Gasteiger partial charge in [-0.15, -0.1) is 0 Å². The molecule has 1 aliphatic rings. The van der Waals surface area contributed by atoms with Gasteiger partial charge in [0, 0.05) is 5.92 Å². The van der Waals surface area contributed by atoms with Crippen molar-refractivity contribution in [2.45, 2.75) is 45.6 Å². The molecule has 1 N–H and O–H groups in total. The maximum absolute atomic E-state index is 12.2. The van der Waals surface area contributed by atoms with E-state index in [1.54, 1.807) is 0 Å². The molecule has 2 rings (SSSR count). The monoisotopic (exact) mass is 245 g/mol. The number of hydrogen-bond acceptors (Lipinski definition) is 1. The summed E-state index contributed by atoms with van der Waals surface area (Å²) in [6, 6.07) is 10.2. The van der Waals surface area contributed by atoms with Crippen molar-refractivity contribution in [2.24, 2.45) is 11.8 Å². The highest BCUT2D eigenvalue weighted by atomic mass is 16.1. The number of nitrogens with one attached hydrogen (secondary N) is 1. The summed E-state index contributed by atoms with van der Waals surface area (Å²) in [6.45, 7) is 4.12. The third-order valence-corrected chi connectivity index (χ3v) is 4.18. The SMILES string of the molecule is CC(NC(=O)C(C)C1CCCC1)c1ccccc1. The Kier molecular flexibility index (Phi) is 4.40. The highest BCUT2D eigenvalue weighted by molar-refractivity contribution is 5.79. The summed E-state index contributed by atoms with van der Waals surface area (Å²) < 4.78 is 0. The molecule has 0 heterocycles. The van der Waals surface area contributed by atoms with E-state index in [1.165, 1.54) is 31.2 Å². The topological polar surface area (TPSA) is 29.1 Å². The minimum absolute atomic E-state index is 0.0996. The third-order valence-electron chi connectivity index (χ3n) is 4.18. The first-order valence-electron chi connectivity index (χ1n) is 7.04. The zero-order valence-electron chi connectivity index (χ0n) is 11.4. The second-order valence-electron chi connectivity index (χ2n) is 5.47. The van der Waals surface area contributed by atoms with Crippen LogP contribution in [-0.2, 0) is 4.79 Å². The first-order chi connectivity index (χ1) is 8.68. The van der Waals surface area contributed by atoms with Gasteiger partial charge >= 0.3 is 0 Å². The van der Waals surface area contributed by atoms with Gasteiger partial charge in [0.15, 0.2) is 0 Å². The molecule has 2 atom stereocenters. The van der Waals surface area contributed by atoms with Gasteiger partial charge in [-0.1, -0.05) is 50.1 Å². The molecule has 0 aliphatic heterocycles. The molecule has 1 amide bonds. The Labute approximate surface area is 110 Å². The van der Waals surface area contributed by atoms with Gasteiger partial charge in [0.2, 0.25) is 5.91 Å². The molecule has 18 heavy (non-hydrogen) atoms. The first kappa shape index (κ1) is 13.1. The molecule has 0 saturated heterocycles. The average molecular weight is 245 g/mol. The van der Waals surface area contributed by atoms with E-state index in [9.17, 15) is 4.79 Å². The van der Waals surface area contributed by atoms with Crippen molar-refractivity contribution in [3.63, 3.8) is 0 Å². The normalized spacial score (nSPS) is 19.4. The fraction of sp³-hybridized carbons (Fsp3) is 0.562. The van der Waals surface area contributed by atoms with Crippen molar-refractivity contribution < 1.29 is 4.79 Å². The van der Waals surface area contributed by atoms with Gasteiger partial charge in [0.1, 0.15) is 0 Å². The van der Waals surface area contributed by atoms with Crippen molar-refractivity contribution in [1.82, 2.24) is 5.32 Å². The van der Waals surface area contributed by atoms with Gasteiger partial charge in [-0.2, -0.15) is 0 Å². The highest BCUT2D eigenvalue weighted by Crippen LogP contribution is 2.31. The zero-order valence-corrected chi connectivity index (χ0v) is 11.4. The molecule has 0 aromatic heterocycles. The summed E-state index contributed by atoms with van der Waals surface area (Å²) in [5.74, 6) is 0.949. The molecule has 2 heteroatoms. The second-order valence-corrected chi connectivity index (χ2v) is 5.47. The Balaban J connectivity index is 1.90. The van der Waals surface area contributed by atoms with Crippen LogP contribution in [0.3, 0.4) is 0 Å². The van der Waals surface area contributed by atoms with Crippen molar-refractivity contribution >= 4 is 5.91 Å². The van der Waals surface area contributed by atoms with Crippen LogP contribution in [0, 0.1) is 11.8 Å². The van der Waals surface area contributed by atoms with Crippen LogP contribution < -0.4 is 5.32 Å². The highest BCUT2D eigenvalue weighted by Gasteiger charge is 2.27.